The number of nitriles is 1. The lowest BCUT2D eigenvalue weighted by atomic mass is 10.1. The van der Waals surface area contributed by atoms with E-state index in [4.69, 9.17) is 22.0 Å². The van der Waals surface area contributed by atoms with Gasteiger partial charge in [0.05, 0.1) is 21.6 Å². The number of hydrogen-bond acceptors (Lipinski definition) is 7. The molecule has 10 nitrogen and oxygen atoms in total. The first-order valence-corrected chi connectivity index (χ1v) is 8.94. The first-order valence-electron chi connectivity index (χ1n) is 8.56. The van der Waals surface area contributed by atoms with Gasteiger partial charge in [0.25, 0.3) is 11.6 Å². The molecule has 2 amide bonds. The van der Waals surface area contributed by atoms with Crippen molar-refractivity contribution in [2.24, 2.45) is 0 Å². The van der Waals surface area contributed by atoms with E-state index in [0.717, 1.165) is 11.3 Å². The number of nitrogens with one attached hydrogen (secondary N) is 3. The molecule has 0 bridgehead atoms. The second-order valence-electron chi connectivity index (χ2n) is 5.96. The number of rotatable bonds is 7. The lowest BCUT2D eigenvalue weighted by molar-refractivity contribution is -0.384. The van der Waals surface area contributed by atoms with E-state index < -0.39 is 16.9 Å². The second-order valence-corrected chi connectivity index (χ2v) is 6.34. The number of amides is 2. The highest BCUT2D eigenvalue weighted by atomic mass is 35.5. The topological polar surface area (TPSA) is 157 Å². The predicted molar refractivity (Wildman–Crippen MR) is 111 cm³/mol. The summed E-state index contributed by atoms with van der Waals surface area (Å²) in [6.07, 6.45) is -0.109. The third-order valence-electron chi connectivity index (χ3n) is 3.68. The number of carbonyl (C=O) groups is 2. The molecule has 1 atom stereocenters. The van der Waals surface area contributed by atoms with Gasteiger partial charge in [-0.1, -0.05) is 11.6 Å². The van der Waals surface area contributed by atoms with Gasteiger partial charge in [-0.3, -0.25) is 30.6 Å². The molecular formula is C19H20ClN5O5. The molecule has 0 radical (unpaired) electrons. The number of benzene rings is 2. The van der Waals surface area contributed by atoms with Crippen molar-refractivity contribution < 1.29 is 19.6 Å². The molecular weight excluding hydrogens is 414 g/mol. The lowest BCUT2D eigenvalue weighted by Gasteiger charge is -2.12. The lowest BCUT2D eigenvalue weighted by Crippen LogP contribution is -2.36. The largest absolute Gasteiger partial charge is 0.392 e. The molecule has 0 aliphatic carbocycles. The van der Waals surface area contributed by atoms with Crippen LogP contribution in [-0.2, 0) is 4.79 Å². The van der Waals surface area contributed by atoms with Gasteiger partial charge in [0.1, 0.15) is 6.07 Å². The Labute approximate surface area is 177 Å². The van der Waals surface area contributed by atoms with E-state index in [0.29, 0.717) is 23.5 Å². The molecule has 2 aromatic carbocycles. The van der Waals surface area contributed by atoms with Gasteiger partial charge in [0.2, 0.25) is 6.41 Å². The maximum absolute atomic E-state index is 11.2. The van der Waals surface area contributed by atoms with E-state index in [2.05, 4.69) is 10.7 Å². The Kier molecular flexibility index (Phi) is 9.75. The summed E-state index contributed by atoms with van der Waals surface area (Å²) in [5.41, 5.74) is 6.30. The van der Waals surface area contributed by atoms with Gasteiger partial charge in [-0.25, -0.2) is 0 Å². The van der Waals surface area contributed by atoms with Gasteiger partial charge in [-0.15, -0.1) is 0 Å². The van der Waals surface area contributed by atoms with E-state index >= 15 is 0 Å². The normalized spacial score (nSPS) is 10.5. The van der Waals surface area contributed by atoms with Crippen molar-refractivity contribution in [3.63, 3.8) is 0 Å². The summed E-state index contributed by atoms with van der Waals surface area (Å²) in [5.74, 6) is -0.544. The number of carbonyl (C=O) groups excluding carboxylic acids is 2. The first-order chi connectivity index (χ1) is 14.2. The van der Waals surface area contributed by atoms with Gasteiger partial charge in [-0.05, 0) is 43.7 Å². The average Bonchev–Trinajstić information content (AvgIpc) is 2.73. The van der Waals surface area contributed by atoms with Crippen molar-refractivity contribution >= 4 is 35.3 Å². The summed E-state index contributed by atoms with van der Waals surface area (Å²) in [7, 11) is 0. The number of aliphatic hydroxyl groups is 1. The van der Waals surface area contributed by atoms with Gasteiger partial charge >= 0.3 is 0 Å². The van der Waals surface area contributed by atoms with Crippen LogP contribution in [0.1, 0.15) is 28.4 Å². The maximum atomic E-state index is 11.2. The van der Waals surface area contributed by atoms with Crippen LogP contribution in [0.15, 0.2) is 36.4 Å². The molecule has 0 aliphatic heterocycles. The Morgan fingerprint density at radius 1 is 1.33 bits per heavy atom. The van der Waals surface area contributed by atoms with Crippen LogP contribution in [0.3, 0.4) is 0 Å². The Bertz CT molecular complexity index is 942. The molecule has 0 saturated heterocycles. The molecule has 158 valence electrons. The standard InChI is InChI=1S/C11H13ClN2O.C8H7N3O4/c1-7(15)6-14-10-4-3-9(5-13)11(12)8(10)2;12-5-9-10-8(13)6-1-3-7(4-2-6)11(14)15/h3-4,7,14-15H,6H2,1-2H3;1-5H,(H,9,12)(H,10,13). The van der Waals surface area contributed by atoms with E-state index in [1.807, 2.05) is 18.4 Å². The van der Waals surface area contributed by atoms with Crippen LogP contribution >= 0.6 is 11.6 Å². The highest BCUT2D eigenvalue weighted by Gasteiger charge is 2.09. The van der Waals surface area contributed by atoms with Crippen LogP contribution in [0.25, 0.3) is 0 Å². The van der Waals surface area contributed by atoms with Crippen molar-refractivity contribution in [1.82, 2.24) is 10.9 Å². The SMILES string of the molecule is Cc1c(NCC(C)O)ccc(C#N)c1Cl.O=CNNC(=O)c1ccc([N+](=O)[O-])cc1. The summed E-state index contributed by atoms with van der Waals surface area (Å²) >= 11 is 5.99. The summed E-state index contributed by atoms with van der Waals surface area (Å²) in [5, 5.41) is 31.7. The van der Waals surface area contributed by atoms with Gasteiger partial charge in [0, 0.05) is 29.9 Å². The van der Waals surface area contributed by atoms with Crippen molar-refractivity contribution in [2.75, 3.05) is 11.9 Å². The predicted octanol–water partition coefficient (Wildman–Crippen LogP) is 2.30. The number of nitro benzene ring substituents is 1. The van der Waals surface area contributed by atoms with Crippen molar-refractivity contribution in [3.8, 4) is 6.07 Å². The highest BCUT2D eigenvalue weighted by molar-refractivity contribution is 6.32. The summed E-state index contributed by atoms with van der Waals surface area (Å²) in [4.78, 5) is 30.8. The van der Waals surface area contributed by atoms with Crippen LogP contribution in [-0.4, -0.2) is 35.0 Å². The highest BCUT2D eigenvalue weighted by Crippen LogP contribution is 2.26. The maximum Gasteiger partial charge on any atom is 0.269 e. The monoisotopic (exact) mass is 433 g/mol. The molecule has 0 aromatic heterocycles. The summed E-state index contributed by atoms with van der Waals surface area (Å²) < 4.78 is 0. The van der Waals surface area contributed by atoms with Crippen LogP contribution in [0.5, 0.6) is 0 Å². The van der Waals surface area contributed by atoms with Crippen LogP contribution in [0.2, 0.25) is 5.02 Å². The minimum absolute atomic E-state index is 0.102. The first kappa shape index (κ1) is 24.4. The fourth-order valence-corrected chi connectivity index (χ4v) is 2.33. The van der Waals surface area contributed by atoms with Crippen LogP contribution < -0.4 is 16.2 Å². The Morgan fingerprint density at radius 3 is 2.47 bits per heavy atom. The van der Waals surface area contributed by atoms with Crippen molar-refractivity contribution in [2.45, 2.75) is 20.0 Å². The molecule has 2 rings (SSSR count). The Balaban J connectivity index is 0.000000300. The number of hydrogen-bond donors (Lipinski definition) is 4. The van der Waals surface area contributed by atoms with Crippen molar-refractivity contribution in [1.29, 1.82) is 5.26 Å². The van der Waals surface area contributed by atoms with E-state index in [9.17, 15) is 19.7 Å². The molecule has 0 spiro atoms. The quantitative estimate of drug-likeness (QED) is 0.296. The Hall–Kier alpha value is -3.68. The molecule has 0 saturated carbocycles. The van der Waals surface area contributed by atoms with Gasteiger partial charge in [0.15, 0.2) is 0 Å². The fraction of sp³-hybridized carbons (Fsp3) is 0.211. The zero-order chi connectivity index (χ0) is 22.7. The molecule has 0 aliphatic rings. The third-order valence-corrected chi connectivity index (χ3v) is 4.17. The molecule has 30 heavy (non-hydrogen) atoms. The second kappa shape index (κ2) is 12.0. The third kappa shape index (κ3) is 7.38. The number of hydrazine groups is 1. The number of nitrogens with zero attached hydrogens (tertiary/aromatic N) is 2. The van der Waals surface area contributed by atoms with E-state index in [-0.39, 0.29) is 11.3 Å². The molecule has 4 N–H and O–H groups in total. The zero-order valence-electron chi connectivity index (χ0n) is 16.2. The minimum atomic E-state index is -0.564. The number of nitro groups is 1. The number of anilines is 1. The molecule has 11 heteroatoms. The number of non-ortho nitro benzene ring substituents is 1. The average molecular weight is 434 g/mol. The minimum Gasteiger partial charge on any atom is -0.392 e. The van der Waals surface area contributed by atoms with Crippen LogP contribution in [0.4, 0.5) is 11.4 Å². The van der Waals surface area contributed by atoms with E-state index in [1.54, 1.807) is 19.1 Å². The number of aliphatic hydroxyl groups excluding tert-OH is 1. The smallest absolute Gasteiger partial charge is 0.269 e. The Morgan fingerprint density at radius 2 is 1.97 bits per heavy atom. The van der Waals surface area contributed by atoms with Gasteiger partial charge in [-0.2, -0.15) is 5.26 Å². The molecule has 1 unspecified atom stereocenters. The summed E-state index contributed by atoms with van der Waals surface area (Å²) in [6, 6.07) is 10.5. The zero-order valence-corrected chi connectivity index (χ0v) is 16.9. The fourth-order valence-electron chi connectivity index (χ4n) is 2.12. The van der Waals surface area contributed by atoms with Gasteiger partial charge < -0.3 is 10.4 Å². The van der Waals surface area contributed by atoms with Crippen molar-refractivity contribution in [3.05, 3.63) is 68.2 Å². The summed E-state index contributed by atoms with van der Waals surface area (Å²) in [6.45, 7) is 4.00. The molecule has 2 aromatic rings. The van der Waals surface area contributed by atoms with Crippen LogP contribution in [0, 0.1) is 28.4 Å². The van der Waals surface area contributed by atoms with E-state index in [1.165, 1.54) is 24.3 Å². The number of halogens is 1. The molecule has 0 fully saturated rings. The molecule has 0 heterocycles.